The van der Waals surface area contributed by atoms with E-state index in [1.165, 1.54) is 0 Å². The Balaban J connectivity index is 1.45. The maximum Gasteiger partial charge on any atom is 0.253 e. The Hall–Kier alpha value is -2.89. The molecule has 3 aromatic carbocycles. The fraction of sp³-hybridized carbons (Fsp3) is 0.370. The summed E-state index contributed by atoms with van der Waals surface area (Å²) in [6.45, 7) is 4.70. The topological polar surface area (TPSA) is 53.0 Å². The number of methoxy groups -OCH3 is 1. The van der Waals surface area contributed by atoms with Gasteiger partial charge in [0, 0.05) is 32.8 Å². The smallest absolute Gasteiger partial charge is 0.253 e. The third-order valence-corrected chi connectivity index (χ3v) is 6.48. The van der Waals surface area contributed by atoms with Gasteiger partial charge < -0.3 is 19.6 Å². The van der Waals surface area contributed by atoms with E-state index in [4.69, 9.17) is 4.74 Å². The first-order valence-electron chi connectivity index (χ1n) is 11.3. The summed E-state index contributed by atoms with van der Waals surface area (Å²) in [6.07, 6.45) is 2.23. The number of benzene rings is 3. The van der Waals surface area contributed by atoms with Gasteiger partial charge in [0.15, 0.2) is 0 Å². The van der Waals surface area contributed by atoms with Crippen LogP contribution in [0.15, 0.2) is 60.7 Å². The van der Waals surface area contributed by atoms with Gasteiger partial charge in [-0.25, -0.2) is 0 Å². The lowest BCUT2D eigenvalue weighted by atomic mass is 9.95. The summed E-state index contributed by atoms with van der Waals surface area (Å²) in [6, 6.07) is 19.3. The van der Waals surface area contributed by atoms with Crippen LogP contribution in [0.5, 0.6) is 5.75 Å². The molecule has 32 heavy (non-hydrogen) atoms. The van der Waals surface area contributed by atoms with E-state index in [2.05, 4.69) is 4.90 Å². The number of hydrogen-bond acceptors (Lipinski definition) is 4. The van der Waals surface area contributed by atoms with E-state index < -0.39 is 0 Å². The van der Waals surface area contributed by atoms with E-state index in [1.807, 2.05) is 60.5 Å². The highest BCUT2D eigenvalue weighted by atomic mass is 16.5. The zero-order valence-electron chi connectivity index (χ0n) is 19.0. The third-order valence-electron chi connectivity index (χ3n) is 6.48. The predicted octanol–water partition coefficient (Wildman–Crippen LogP) is 4.64. The number of likely N-dealkylation sites (tertiary alicyclic amines) is 1. The molecule has 1 fully saturated rings. The summed E-state index contributed by atoms with van der Waals surface area (Å²) in [5, 5.41) is 11.9. The Morgan fingerprint density at radius 1 is 1.09 bits per heavy atom. The molecule has 0 bridgehead atoms. The molecule has 5 heteroatoms. The van der Waals surface area contributed by atoms with Gasteiger partial charge in [-0.05, 0) is 78.0 Å². The molecule has 0 atom stereocenters. The summed E-state index contributed by atoms with van der Waals surface area (Å²) >= 11 is 0. The molecular weight excluding hydrogens is 400 g/mol. The van der Waals surface area contributed by atoms with Crippen molar-refractivity contribution in [3.8, 4) is 16.9 Å². The van der Waals surface area contributed by atoms with E-state index in [0.717, 1.165) is 67.5 Å². The van der Waals surface area contributed by atoms with Crippen molar-refractivity contribution in [1.82, 2.24) is 9.80 Å². The van der Waals surface area contributed by atoms with Crippen LogP contribution in [0.3, 0.4) is 0 Å². The van der Waals surface area contributed by atoms with E-state index in [1.54, 1.807) is 19.2 Å². The van der Waals surface area contributed by atoms with Gasteiger partial charge in [-0.15, -0.1) is 0 Å². The molecule has 168 valence electrons. The van der Waals surface area contributed by atoms with Crippen molar-refractivity contribution in [3.63, 3.8) is 0 Å². The summed E-state index contributed by atoms with van der Waals surface area (Å²) < 4.78 is 5.18. The minimum Gasteiger partial charge on any atom is -0.508 e. The van der Waals surface area contributed by atoms with E-state index in [0.29, 0.717) is 11.5 Å². The maximum atomic E-state index is 13.1. The number of rotatable bonds is 7. The predicted molar refractivity (Wildman–Crippen MR) is 129 cm³/mol. The number of carbonyl (C=O) groups is 1. The van der Waals surface area contributed by atoms with E-state index in [9.17, 15) is 9.90 Å². The van der Waals surface area contributed by atoms with Crippen LogP contribution in [-0.2, 0) is 4.74 Å². The van der Waals surface area contributed by atoms with Crippen LogP contribution in [-0.4, -0.2) is 67.8 Å². The number of aromatic hydroxyl groups is 1. The lowest BCUT2D eigenvalue weighted by Gasteiger charge is -2.33. The Morgan fingerprint density at radius 3 is 2.62 bits per heavy atom. The van der Waals surface area contributed by atoms with Crippen LogP contribution in [0.25, 0.3) is 21.9 Å². The fourth-order valence-corrected chi connectivity index (χ4v) is 4.65. The zero-order valence-corrected chi connectivity index (χ0v) is 19.0. The second-order valence-corrected chi connectivity index (χ2v) is 8.76. The third kappa shape index (κ3) is 5.12. The van der Waals surface area contributed by atoms with Gasteiger partial charge in [-0.3, -0.25) is 4.79 Å². The average molecular weight is 433 g/mol. The Labute approximate surface area is 190 Å². The molecule has 3 aromatic rings. The van der Waals surface area contributed by atoms with E-state index in [-0.39, 0.29) is 11.7 Å². The largest absolute Gasteiger partial charge is 0.508 e. The van der Waals surface area contributed by atoms with Crippen LogP contribution < -0.4 is 0 Å². The van der Waals surface area contributed by atoms with Crippen LogP contribution in [0, 0.1) is 5.92 Å². The van der Waals surface area contributed by atoms with Gasteiger partial charge in [0.25, 0.3) is 5.91 Å². The standard InChI is InChI=1S/C27H32N2O3/c1-28(19-20-11-13-29(14-12-20)15-16-32-2)27(31)23-9-10-26-21(17-23)6-4-8-25(26)22-5-3-7-24(30)18-22/h3-10,17-18,20,30H,11-16,19H2,1-2H3. The Kier molecular flexibility index (Phi) is 7.08. The normalized spacial score (nSPS) is 15.2. The molecule has 1 amide bonds. The van der Waals surface area contributed by atoms with Crippen molar-refractivity contribution in [2.45, 2.75) is 12.8 Å². The molecule has 0 aliphatic carbocycles. The summed E-state index contributed by atoms with van der Waals surface area (Å²) in [7, 11) is 3.65. The van der Waals surface area contributed by atoms with Crippen molar-refractivity contribution in [1.29, 1.82) is 0 Å². The van der Waals surface area contributed by atoms with Crippen LogP contribution in [0.4, 0.5) is 0 Å². The van der Waals surface area contributed by atoms with E-state index >= 15 is 0 Å². The first-order valence-corrected chi connectivity index (χ1v) is 11.3. The van der Waals surface area contributed by atoms with Gasteiger partial charge in [0.2, 0.25) is 0 Å². The lowest BCUT2D eigenvalue weighted by molar-refractivity contribution is 0.0724. The molecule has 0 unspecified atom stereocenters. The number of carbonyl (C=O) groups excluding carboxylic acids is 1. The summed E-state index contributed by atoms with van der Waals surface area (Å²) in [4.78, 5) is 17.4. The second-order valence-electron chi connectivity index (χ2n) is 8.76. The summed E-state index contributed by atoms with van der Waals surface area (Å²) in [5.74, 6) is 0.856. The number of hydrogen-bond donors (Lipinski definition) is 1. The SMILES string of the molecule is COCCN1CCC(CN(C)C(=O)c2ccc3c(-c4cccc(O)c4)cccc3c2)CC1. The molecule has 0 saturated carbocycles. The van der Waals surface area contributed by atoms with Crippen LogP contribution in [0.1, 0.15) is 23.2 Å². The number of phenolic OH excluding ortho intramolecular Hbond substituents is 1. The summed E-state index contributed by atoms with van der Waals surface area (Å²) in [5.41, 5.74) is 2.72. The van der Waals surface area contributed by atoms with Gasteiger partial charge in [-0.2, -0.15) is 0 Å². The van der Waals surface area contributed by atoms with Crippen molar-refractivity contribution in [2.75, 3.05) is 46.9 Å². The lowest BCUT2D eigenvalue weighted by Crippen LogP contribution is -2.40. The molecule has 0 spiro atoms. The molecule has 5 nitrogen and oxygen atoms in total. The molecule has 1 heterocycles. The quantitative estimate of drug-likeness (QED) is 0.591. The van der Waals surface area contributed by atoms with Gasteiger partial charge >= 0.3 is 0 Å². The minimum atomic E-state index is 0.0662. The molecular formula is C27H32N2O3. The van der Waals surface area contributed by atoms with Crippen molar-refractivity contribution in [3.05, 3.63) is 66.2 Å². The highest BCUT2D eigenvalue weighted by Crippen LogP contribution is 2.31. The highest BCUT2D eigenvalue weighted by molar-refractivity contribution is 6.02. The number of piperidine rings is 1. The van der Waals surface area contributed by atoms with Gasteiger partial charge in [0.1, 0.15) is 5.75 Å². The van der Waals surface area contributed by atoms with Crippen molar-refractivity contribution >= 4 is 16.7 Å². The molecule has 1 saturated heterocycles. The molecule has 1 aliphatic heterocycles. The van der Waals surface area contributed by atoms with Crippen molar-refractivity contribution < 1.29 is 14.6 Å². The minimum absolute atomic E-state index is 0.0662. The first kappa shape index (κ1) is 22.3. The number of amides is 1. The number of phenols is 1. The second kappa shape index (κ2) is 10.2. The first-order chi connectivity index (χ1) is 15.5. The van der Waals surface area contributed by atoms with Crippen LogP contribution >= 0.6 is 0 Å². The monoisotopic (exact) mass is 432 g/mol. The van der Waals surface area contributed by atoms with Gasteiger partial charge in [0.05, 0.1) is 6.61 Å². The van der Waals surface area contributed by atoms with Crippen LogP contribution in [0.2, 0.25) is 0 Å². The Bertz CT molecular complexity index is 1070. The average Bonchev–Trinajstić information content (AvgIpc) is 2.82. The molecule has 0 radical (unpaired) electrons. The molecule has 1 N–H and O–H groups in total. The molecule has 1 aliphatic rings. The molecule has 4 rings (SSSR count). The van der Waals surface area contributed by atoms with Crippen molar-refractivity contribution in [2.24, 2.45) is 5.92 Å². The number of ether oxygens (including phenoxy) is 1. The fourth-order valence-electron chi connectivity index (χ4n) is 4.65. The highest BCUT2D eigenvalue weighted by Gasteiger charge is 2.22. The molecule has 0 aromatic heterocycles. The van der Waals surface area contributed by atoms with Gasteiger partial charge in [-0.1, -0.05) is 36.4 Å². The Morgan fingerprint density at radius 2 is 1.88 bits per heavy atom. The number of fused-ring (bicyclic) bond motifs is 1. The maximum absolute atomic E-state index is 13.1. The number of nitrogens with zero attached hydrogens (tertiary/aromatic N) is 2. The zero-order chi connectivity index (χ0) is 22.5.